The lowest BCUT2D eigenvalue weighted by molar-refractivity contribution is -0.205. The third kappa shape index (κ3) is 3.38. The van der Waals surface area contributed by atoms with Crippen molar-refractivity contribution in [3.8, 4) is 0 Å². The second kappa shape index (κ2) is 6.62. The van der Waals surface area contributed by atoms with Gasteiger partial charge in [-0.3, -0.25) is 0 Å². The summed E-state index contributed by atoms with van der Waals surface area (Å²) in [6, 6.07) is -0.00497. The van der Waals surface area contributed by atoms with E-state index in [1.807, 2.05) is 20.8 Å². The number of rotatable bonds is 5. The number of carbonyl (C=O) groups excluding carboxylic acids is 2. The molecule has 0 aliphatic carbocycles. The summed E-state index contributed by atoms with van der Waals surface area (Å²) in [7, 11) is 0. The van der Waals surface area contributed by atoms with E-state index in [0.717, 1.165) is 6.42 Å². The Morgan fingerprint density at radius 3 is 2.73 bits per heavy atom. The van der Waals surface area contributed by atoms with E-state index < -0.39 is 30.4 Å². The summed E-state index contributed by atoms with van der Waals surface area (Å²) in [6.07, 6.45) is -0.320. The molecule has 124 valence electrons. The SMILES string of the molecule is CCOC(=O)COC(=O)C1N=C2N(O1)C(CC)COC2(C)C. The molecule has 0 N–H and O–H groups in total. The minimum atomic E-state index is -1.11. The van der Waals surface area contributed by atoms with Crippen LogP contribution in [0.1, 0.15) is 34.1 Å². The van der Waals surface area contributed by atoms with Gasteiger partial charge >= 0.3 is 11.9 Å². The van der Waals surface area contributed by atoms with Crippen LogP contribution < -0.4 is 0 Å². The summed E-state index contributed by atoms with van der Waals surface area (Å²) in [4.78, 5) is 33.0. The predicted molar refractivity (Wildman–Crippen MR) is 75.8 cm³/mol. The number of carbonyl (C=O) groups is 2. The van der Waals surface area contributed by atoms with Crippen molar-refractivity contribution in [3.05, 3.63) is 0 Å². The summed E-state index contributed by atoms with van der Waals surface area (Å²) in [5, 5.41) is 1.62. The Labute approximate surface area is 129 Å². The molecule has 8 heteroatoms. The predicted octanol–water partition coefficient (Wildman–Crippen LogP) is 0.652. The normalized spacial score (nSPS) is 26.2. The molecule has 0 aromatic carbocycles. The number of hydrogen-bond donors (Lipinski definition) is 0. The van der Waals surface area contributed by atoms with Crippen LogP contribution in [0.25, 0.3) is 0 Å². The third-order valence-electron chi connectivity index (χ3n) is 3.48. The molecule has 2 aliphatic heterocycles. The molecule has 0 radical (unpaired) electrons. The van der Waals surface area contributed by atoms with Gasteiger partial charge in [-0.1, -0.05) is 6.92 Å². The summed E-state index contributed by atoms with van der Waals surface area (Å²) in [6.45, 7) is 7.68. The maximum absolute atomic E-state index is 12.0. The van der Waals surface area contributed by atoms with Crippen LogP contribution >= 0.6 is 0 Å². The van der Waals surface area contributed by atoms with E-state index >= 15 is 0 Å². The van der Waals surface area contributed by atoms with Gasteiger partial charge in [0.2, 0.25) is 0 Å². The lowest BCUT2D eigenvalue weighted by atomic mass is 10.0. The number of hydrogen-bond acceptors (Lipinski definition) is 8. The number of amidine groups is 1. The van der Waals surface area contributed by atoms with Crippen LogP contribution in [0.2, 0.25) is 0 Å². The van der Waals surface area contributed by atoms with Gasteiger partial charge in [0.25, 0.3) is 6.23 Å². The number of aliphatic imine (C=N–C) groups is 1. The third-order valence-corrected chi connectivity index (χ3v) is 3.48. The van der Waals surface area contributed by atoms with E-state index in [4.69, 9.17) is 19.0 Å². The number of morpholine rings is 1. The first-order chi connectivity index (χ1) is 10.4. The van der Waals surface area contributed by atoms with Crippen molar-refractivity contribution in [2.24, 2.45) is 4.99 Å². The van der Waals surface area contributed by atoms with Crippen molar-refractivity contribution >= 4 is 17.8 Å². The molecule has 1 fully saturated rings. The molecule has 2 aliphatic rings. The van der Waals surface area contributed by atoms with Gasteiger partial charge in [0, 0.05) is 0 Å². The van der Waals surface area contributed by atoms with E-state index in [0.29, 0.717) is 12.4 Å². The highest BCUT2D eigenvalue weighted by Gasteiger charge is 2.47. The largest absolute Gasteiger partial charge is 0.463 e. The molecule has 22 heavy (non-hydrogen) atoms. The lowest BCUT2D eigenvalue weighted by Gasteiger charge is -2.41. The summed E-state index contributed by atoms with van der Waals surface area (Å²) in [5.74, 6) is -0.765. The molecule has 0 aromatic heterocycles. The molecule has 8 nitrogen and oxygen atoms in total. The highest BCUT2D eigenvalue weighted by molar-refractivity contribution is 5.93. The molecule has 2 rings (SSSR count). The topological polar surface area (TPSA) is 86.7 Å². The minimum absolute atomic E-state index is 0.00497. The van der Waals surface area contributed by atoms with E-state index in [2.05, 4.69) is 4.99 Å². The molecule has 2 heterocycles. The van der Waals surface area contributed by atoms with E-state index in [1.54, 1.807) is 12.0 Å². The maximum Gasteiger partial charge on any atom is 0.361 e. The van der Waals surface area contributed by atoms with Gasteiger partial charge in [0.1, 0.15) is 5.60 Å². The number of fused-ring (bicyclic) bond motifs is 1. The average molecular weight is 314 g/mol. The first kappa shape index (κ1) is 16.7. The molecule has 0 bridgehead atoms. The maximum atomic E-state index is 12.0. The standard InChI is InChI=1S/C14H22N2O6/c1-5-9-7-21-14(3,4)13-15-11(22-16(9)13)12(18)20-8-10(17)19-6-2/h9,11H,5-8H2,1-4H3. The van der Waals surface area contributed by atoms with Crippen LogP contribution in [-0.2, 0) is 28.6 Å². The lowest BCUT2D eigenvalue weighted by Crippen LogP contribution is -2.56. The summed E-state index contributed by atoms with van der Waals surface area (Å²) >= 11 is 0. The molecule has 0 amide bonds. The Hall–Kier alpha value is -1.67. The zero-order valence-electron chi connectivity index (χ0n) is 13.3. The van der Waals surface area contributed by atoms with Crippen molar-refractivity contribution in [1.82, 2.24) is 5.06 Å². The van der Waals surface area contributed by atoms with E-state index in [9.17, 15) is 9.59 Å². The minimum Gasteiger partial charge on any atom is -0.463 e. The van der Waals surface area contributed by atoms with Gasteiger partial charge in [-0.05, 0) is 27.2 Å². The van der Waals surface area contributed by atoms with Crippen LogP contribution in [0, 0.1) is 0 Å². The van der Waals surface area contributed by atoms with Crippen molar-refractivity contribution < 1.29 is 28.6 Å². The number of esters is 2. The fraction of sp³-hybridized carbons (Fsp3) is 0.786. The van der Waals surface area contributed by atoms with Gasteiger partial charge in [-0.15, -0.1) is 0 Å². The first-order valence-electron chi connectivity index (χ1n) is 7.39. The van der Waals surface area contributed by atoms with Crippen LogP contribution in [0.3, 0.4) is 0 Å². The zero-order chi connectivity index (χ0) is 16.3. The fourth-order valence-corrected chi connectivity index (χ4v) is 2.25. The van der Waals surface area contributed by atoms with Crippen LogP contribution in [0.5, 0.6) is 0 Å². The number of nitrogens with zero attached hydrogens (tertiary/aromatic N) is 2. The van der Waals surface area contributed by atoms with Crippen molar-refractivity contribution in [2.75, 3.05) is 19.8 Å². The van der Waals surface area contributed by atoms with Gasteiger partial charge in [-0.25, -0.2) is 24.5 Å². The van der Waals surface area contributed by atoms with Crippen LogP contribution in [0.4, 0.5) is 0 Å². The van der Waals surface area contributed by atoms with Crippen LogP contribution in [-0.4, -0.2) is 60.5 Å². The van der Waals surface area contributed by atoms with Crippen molar-refractivity contribution in [2.45, 2.75) is 52.0 Å². The van der Waals surface area contributed by atoms with Crippen molar-refractivity contribution in [3.63, 3.8) is 0 Å². The molecule has 2 unspecified atom stereocenters. The quantitative estimate of drug-likeness (QED) is 0.689. The smallest absolute Gasteiger partial charge is 0.361 e. The molecule has 2 atom stereocenters. The molecular weight excluding hydrogens is 292 g/mol. The van der Waals surface area contributed by atoms with E-state index in [-0.39, 0.29) is 12.6 Å². The van der Waals surface area contributed by atoms with Gasteiger partial charge in [-0.2, -0.15) is 0 Å². The van der Waals surface area contributed by atoms with Gasteiger partial charge in [0.15, 0.2) is 12.4 Å². The Bertz CT molecular complexity index is 476. The monoisotopic (exact) mass is 314 g/mol. The molecule has 0 saturated carbocycles. The molecule has 0 spiro atoms. The molecule has 1 saturated heterocycles. The average Bonchev–Trinajstić information content (AvgIpc) is 2.92. The second-order valence-electron chi connectivity index (χ2n) is 5.53. The summed E-state index contributed by atoms with van der Waals surface area (Å²) in [5.41, 5.74) is -0.637. The van der Waals surface area contributed by atoms with Gasteiger partial charge < -0.3 is 14.2 Å². The Morgan fingerprint density at radius 2 is 2.09 bits per heavy atom. The molecular formula is C14H22N2O6. The zero-order valence-corrected chi connectivity index (χ0v) is 13.3. The first-order valence-corrected chi connectivity index (χ1v) is 7.39. The number of ether oxygens (including phenoxy) is 3. The highest BCUT2D eigenvalue weighted by Crippen LogP contribution is 2.30. The van der Waals surface area contributed by atoms with Gasteiger partial charge in [0.05, 0.1) is 19.3 Å². The Balaban J connectivity index is 2.01. The second-order valence-corrected chi connectivity index (χ2v) is 5.53. The Kier molecular flexibility index (Phi) is 5.02. The van der Waals surface area contributed by atoms with E-state index in [1.165, 1.54) is 0 Å². The fourth-order valence-electron chi connectivity index (χ4n) is 2.25. The van der Waals surface area contributed by atoms with Crippen LogP contribution in [0.15, 0.2) is 4.99 Å². The number of hydroxylamine groups is 2. The Morgan fingerprint density at radius 1 is 1.36 bits per heavy atom. The summed E-state index contributed by atoms with van der Waals surface area (Å²) < 4.78 is 15.3. The van der Waals surface area contributed by atoms with Crippen molar-refractivity contribution in [1.29, 1.82) is 0 Å². The molecule has 0 aromatic rings. The highest BCUT2D eigenvalue weighted by atomic mass is 16.7.